The molecule has 2 aromatic rings. The third-order valence-corrected chi connectivity index (χ3v) is 4.45. The summed E-state index contributed by atoms with van der Waals surface area (Å²) in [5.41, 5.74) is 5.19. The molecule has 0 spiro atoms. The molecule has 124 valence electrons. The summed E-state index contributed by atoms with van der Waals surface area (Å²) < 4.78 is 0. The van der Waals surface area contributed by atoms with Gasteiger partial charge in [-0.05, 0) is 42.2 Å². The molecule has 1 aliphatic rings. The number of nitrogens with zero attached hydrogens (tertiary/aromatic N) is 1. The molecule has 1 atom stereocenters. The summed E-state index contributed by atoms with van der Waals surface area (Å²) >= 11 is 0. The number of likely N-dealkylation sites (tertiary alicyclic amines) is 1. The summed E-state index contributed by atoms with van der Waals surface area (Å²) in [7, 11) is 0. The van der Waals surface area contributed by atoms with Crippen molar-refractivity contribution in [3.05, 3.63) is 77.4 Å². The van der Waals surface area contributed by atoms with Crippen molar-refractivity contribution < 1.29 is 10.0 Å². The third kappa shape index (κ3) is 4.10. The number of hydroxylamine groups is 1. The SMILES string of the molecule is O=C(C=Cc1ccc([C@@H]2CCCN2Cc2ccccc2)cc1)NO. The van der Waals surface area contributed by atoms with Crippen LogP contribution >= 0.6 is 0 Å². The van der Waals surface area contributed by atoms with Crippen molar-refractivity contribution in [1.82, 2.24) is 10.4 Å². The Hall–Kier alpha value is -2.43. The lowest BCUT2D eigenvalue weighted by Gasteiger charge is -2.25. The van der Waals surface area contributed by atoms with Crippen molar-refractivity contribution >= 4 is 12.0 Å². The van der Waals surface area contributed by atoms with Crippen LogP contribution in [-0.2, 0) is 11.3 Å². The number of nitrogens with one attached hydrogen (secondary N) is 1. The Morgan fingerprint density at radius 2 is 1.92 bits per heavy atom. The normalized spacial score (nSPS) is 18.1. The quantitative estimate of drug-likeness (QED) is 0.503. The number of hydrogen-bond acceptors (Lipinski definition) is 3. The Kier molecular flexibility index (Phi) is 5.41. The van der Waals surface area contributed by atoms with Gasteiger partial charge in [0.15, 0.2) is 0 Å². The van der Waals surface area contributed by atoms with Gasteiger partial charge in [0.05, 0.1) is 0 Å². The second kappa shape index (κ2) is 7.90. The molecular formula is C20H22N2O2. The smallest absolute Gasteiger partial charge is 0.267 e. The molecule has 24 heavy (non-hydrogen) atoms. The van der Waals surface area contributed by atoms with Gasteiger partial charge < -0.3 is 0 Å². The van der Waals surface area contributed by atoms with Gasteiger partial charge in [0.25, 0.3) is 5.91 Å². The first-order valence-electron chi connectivity index (χ1n) is 8.26. The van der Waals surface area contributed by atoms with E-state index in [0.29, 0.717) is 6.04 Å². The summed E-state index contributed by atoms with van der Waals surface area (Å²) in [6, 6.07) is 19.3. The van der Waals surface area contributed by atoms with Crippen LogP contribution in [0.1, 0.15) is 35.6 Å². The molecule has 1 saturated heterocycles. The van der Waals surface area contributed by atoms with E-state index >= 15 is 0 Å². The molecule has 1 amide bonds. The molecular weight excluding hydrogens is 300 g/mol. The Bertz CT molecular complexity index is 695. The average molecular weight is 322 g/mol. The molecule has 3 rings (SSSR count). The van der Waals surface area contributed by atoms with Crippen molar-refractivity contribution in [1.29, 1.82) is 0 Å². The molecule has 0 aromatic heterocycles. The average Bonchev–Trinajstić information content (AvgIpc) is 3.09. The summed E-state index contributed by atoms with van der Waals surface area (Å²) in [5.74, 6) is -0.524. The second-order valence-corrected chi connectivity index (χ2v) is 6.09. The van der Waals surface area contributed by atoms with Crippen molar-refractivity contribution in [2.45, 2.75) is 25.4 Å². The maximum Gasteiger partial charge on any atom is 0.267 e. The fraction of sp³-hybridized carbons (Fsp3) is 0.250. The Balaban J connectivity index is 1.68. The summed E-state index contributed by atoms with van der Waals surface area (Å²) in [4.78, 5) is 13.6. The Morgan fingerprint density at radius 3 is 2.62 bits per heavy atom. The molecule has 0 aliphatic carbocycles. The number of benzene rings is 2. The highest BCUT2D eigenvalue weighted by atomic mass is 16.5. The van der Waals surface area contributed by atoms with Gasteiger partial charge in [-0.2, -0.15) is 0 Å². The van der Waals surface area contributed by atoms with E-state index in [1.165, 1.54) is 30.0 Å². The van der Waals surface area contributed by atoms with Gasteiger partial charge in [0.1, 0.15) is 0 Å². The van der Waals surface area contributed by atoms with Crippen LogP contribution in [0.3, 0.4) is 0 Å². The number of carbonyl (C=O) groups excluding carboxylic acids is 1. The molecule has 1 fully saturated rings. The number of amides is 1. The Morgan fingerprint density at radius 1 is 1.17 bits per heavy atom. The van der Waals surface area contributed by atoms with Gasteiger partial charge in [-0.15, -0.1) is 0 Å². The van der Waals surface area contributed by atoms with Gasteiger partial charge in [-0.3, -0.25) is 14.9 Å². The first-order valence-corrected chi connectivity index (χ1v) is 8.26. The number of carbonyl (C=O) groups is 1. The summed E-state index contributed by atoms with van der Waals surface area (Å²) in [6.45, 7) is 2.10. The van der Waals surface area contributed by atoms with Crippen LogP contribution in [0.4, 0.5) is 0 Å². The van der Waals surface area contributed by atoms with E-state index in [-0.39, 0.29) is 0 Å². The molecule has 0 unspecified atom stereocenters. The van der Waals surface area contributed by atoms with Gasteiger partial charge in [0, 0.05) is 18.7 Å². The van der Waals surface area contributed by atoms with Crippen LogP contribution in [0.15, 0.2) is 60.7 Å². The lowest BCUT2D eigenvalue weighted by molar-refractivity contribution is -0.124. The monoisotopic (exact) mass is 322 g/mol. The van der Waals surface area contributed by atoms with Crippen LogP contribution in [0.2, 0.25) is 0 Å². The van der Waals surface area contributed by atoms with Crippen LogP contribution in [0.25, 0.3) is 6.08 Å². The van der Waals surface area contributed by atoms with Crippen molar-refractivity contribution in [3.8, 4) is 0 Å². The molecule has 0 saturated carbocycles. The summed E-state index contributed by atoms with van der Waals surface area (Å²) in [5, 5.41) is 8.49. The zero-order valence-electron chi connectivity index (χ0n) is 13.6. The molecule has 2 N–H and O–H groups in total. The van der Waals surface area contributed by atoms with Crippen molar-refractivity contribution in [2.75, 3.05) is 6.54 Å². The van der Waals surface area contributed by atoms with E-state index in [0.717, 1.165) is 18.7 Å². The maximum atomic E-state index is 11.0. The fourth-order valence-electron chi connectivity index (χ4n) is 3.25. The highest BCUT2D eigenvalue weighted by molar-refractivity contribution is 5.90. The predicted molar refractivity (Wildman–Crippen MR) is 94.2 cm³/mol. The Labute approximate surface area is 142 Å². The highest BCUT2D eigenvalue weighted by Crippen LogP contribution is 2.33. The maximum absolute atomic E-state index is 11.0. The lowest BCUT2D eigenvalue weighted by atomic mass is 10.0. The number of hydrogen-bond donors (Lipinski definition) is 2. The summed E-state index contributed by atoms with van der Waals surface area (Å²) in [6.07, 6.45) is 5.39. The first kappa shape index (κ1) is 16.4. The molecule has 4 nitrogen and oxygen atoms in total. The van der Waals surface area contributed by atoms with E-state index in [1.807, 2.05) is 18.2 Å². The van der Waals surface area contributed by atoms with E-state index in [1.54, 1.807) is 11.6 Å². The topological polar surface area (TPSA) is 52.6 Å². The predicted octanol–water partition coefficient (Wildman–Crippen LogP) is 3.54. The van der Waals surface area contributed by atoms with Crippen LogP contribution in [0.5, 0.6) is 0 Å². The molecule has 0 radical (unpaired) electrons. The minimum absolute atomic E-state index is 0.448. The molecule has 1 heterocycles. The van der Waals surface area contributed by atoms with E-state index in [2.05, 4.69) is 41.3 Å². The molecule has 1 aliphatic heterocycles. The van der Waals surface area contributed by atoms with E-state index < -0.39 is 5.91 Å². The second-order valence-electron chi connectivity index (χ2n) is 6.09. The third-order valence-electron chi connectivity index (χ3n) is 4.45. The van der Waals surface area contributed by atoms with Crippen LogP contribution < -0.4 is 5.48 Å². The molecule has 2 aromatic carbocycles. The molecule has 4 heteroatoms. The van der Waals surface area contributed by atoms with E-state index in [4.69, 9.17) is 5.21 Å². The highest BCUT2D eigenvalue weighted by Gasteiger charge is 2.25. The van der Waals surface area contributed by atoms with Gasteiger partial charge in [-0.25, -0.2) is 5.48 Å². The van der Waals surface area contributed by atoms with Gasteiger partial charge >= 0.3 is 0 Å². The number of rotatable bonds is 5. The van der Waals surface area contributed by atoms with Gasteiger partial charge in [-0.1, -0.05) is 54.6 Å². The largest absolute Gasteiger partial charge is 0.292 e. The zero-order valence-corrected chi connectivity index (χ0v) is 13.6. The minimum Gasteiger partial charge on any atom is -0.292 e. The van der Waals surface area contributed by atoms with Gasteiger partial charge in [0.2, 0.25) is 0 Å². The van der Waals surface area contributed by atoms with Crippen LogP contribution in [0, 0.1) is 0 Å². The fourth-order valence-corrected chi connectivity index (χ4v) is 3.25. The zero-order chi connectivity index (χ0) is 16.8. The first-order chi connectivity index (χ1) is 11.8. The van der Waals surface area contributed by atoms with Crippen molar-refractivity contribution in [3.63, 3.8) is 0 Å². The van der Waals surface area contributed by atoms with E-state index in [9.17, 15) is 4.79 Å². The standard InChI is InChI=1S/C20H22N2O2/c23-20(21-24)13-10-16-8-11-18(12-9-16)19-7-4-14-22(19)15-17-5-2-1-3-6-17/h1-3,5-6,8-13,19,24H,4,7,14-15H2,(H,21,23)/t19-/m0/s1. The van der Waals surface area contributed by atoms with Crippen LogP contribution in [-0.4, -0.2) is 22.6 Å². The lowest BCUT2D eigenvalue weighted by Crippen LogP contribution is -2.22. The van der Waals surface area contributed by atoms with Crippen molar-refractivity contribution in [2.24, 2.45) is 0 Å². The molecule has 0 bridgehead atoms. The minimum atomic E-state index is -0.524.